The number of hydrogen-bond donors (Lipinski definition) is 2. The smallest absolute Gasteiger partial charge is 0.240 e. The van der Waals surface area contributed by atoms with Crippen molar-refractivity contribution in [3.8, 4) is 5.75 Å². The summed E-state index contributed by atoms with van der Waals surface area (Å²) in [5, 5.41) is 2.99. The third kappa shape index (κ3) is 4.49. The molecule has 6 heteroatoms. The van der Waals surface area contributed by atoms with Crippen molar-refractivity contribution in [3.63, 3.8) is 0 Å². The van der Waals surface area contributed by atoms with Crippen molar-refractivity contribution in [2.24, 2.45) is 5.92 Å². The maximum Gasteiger partial charge on any atom is 0.240 e. The van der Waals surface area contributed by atoms with Crippen LogP contribution in [0.15, 0.2) is 23.1 Å². The standard InChI is InChI=1S/C13H22N2O3S/c1-10(2)8-15-19(16,17)12-5-6-13(18-4)11(7-12)9-14-3/h5-7,10,14-15H,8-9H2,1-4H3. The lowest BCUT2D eigenvalue weighted by molar-refractivity contribution is 0.408. The Labute approximate surface area is 115 Å². The zero-order valence-electron chi connectivity index (χ0n) is 11.9. The van der Waals surface area contributed by atoms with E-state index >= 15 is 0 Å². The molecule has 0 bridgehead atoms. The second kappa shape index (κ2) is 6.88. The zero-order chi connectivity index (χ0) is 14.5. The van der Waals surface area contributed by atoms with E-state index in [0.29, 0.717) is 18.8 Å². The van der Waals surface area contributed by atoms with Gasteiger partial charge in [0.25, 0.3) is 0 Å². The Hall–Kier alpha value is -1.11. The molecule has 1 rings (SSSR count). The molecule has 0 fully saturated rings. The molecule has 0 amide bonds. The minimum atomic E-state index is -3.45. The Morgan fingerprint density at radius 2 is 2.00 bits per heavy atom. The van der Waals surface area contributed by atoms with Gasteiger partial charge in [0.05, 0.1) is 12.0 Å². The topological polar surface area (TPSA) is 67.4 Å². The summed E-state index contributed by atoms with van der Waals surface area (Å²) in [6.45, 7) is 4.90. The van der Waals surface area contributed by atoms with E-state index in [-0.39, 0.29) is 10.8 Å². The molecule has 0 spiro atoms. The van der Waals surface area contributed by atoms with E-state index < -0.39 is 10.0 Å². The van der Waals surface area contributed by atoms with Crippen LogP contribution in [-0.4, -0.2) is 29.1 Å². The van der Waals surface area contributed by atoms with E-state index in [1.54, 1.807) is 32.4 Å². The van der Waals surface area contributed by atoms with Crippen molar-refractivity contribution in [1.29, 1.82) is 0 Å². The van der Waals surface area contributed by atoms with Crippen molar-refractivity contribution in [2.75, 3.05) is 20.7 Å². The van der Waals surface area contributed by atoms with Gasteiger partial charge < -0.3 is 10.1 Å². The van der Waals surface area contributed by atoms with Gasteiger partial charge in [-0.25, -0.2) is 13.1 Å². The van der Waals surface area contributed by atoms with E-state index in [9.17, 15) is 8.42 Å². The monoisotopic (exact) mass is 286 g/mol. The highest BCUT2D eigenvalue weighted by Crippen LogP contribution is 2.22. The molecule has 2 N–H and O–H groups in total. The van der Waals surface area contributed by atoms with Gasteiger partial charge >= 0.3 is 0 Å². The molecule has 0 unspecified atom stereocenters. The molecule has 0 aliphatic carbocycles. The van der Waals surface area contributed by atoms with Crippen LogP contribution >= 0.6 is 0 Å². The maximum atomic E-state index is 12.1. The second-order valence-electron chi connectivity index (χ2n) is 4.75. The number of rotatable bonds is 7. The highest BCUT2D eigenvalue weighted by atomic mass is 32.2. The molecule has 0 aliphatic rings. The van der Waals surface area contributed by atoms with Crippen molar-refractivity contribution < 1.29 is 13.2 Å². The molecule has 0 atom stereocenters. The summed E-state index contributed by atoms with van der Waals surface area (Å²) in [6.07, 6.45) is 0. The molecule has 1 aromatic rings. The highest BCUT2D eigenvalue weighted by Gasteiger charge is 2.16. The van der Waals surface area contributed by atoms with Crippen molar-refractivity contribution in [1.82, 2.24) is 10.0 Å². The number of methoxy groups -OCH3 is 1. The summed E-state index contributed by atoms with van der Waals surface area (Å²) in [7, 11) is -0.0821. The lowest BCUT2D eigenvalue weighted by Gasteiger charge is -2.12. The Morgan fingerprint density at radius 1 is 1.32 bits per heavy atom. The average molecular weight is 286 g/mol. The fourth-order valence-electron chi connectivity index (χ4n) is 1.61. The summed E-state index contributed by atoms with van der Waals surface area (Å²) in [6, 6.07) is 4.87. The molecule has 0 aliphatic heterocycles. The van der Waals surface area contributed by atoms with Gasteiger partial charge in [0, 0.05) is 18.7 Å². The van der Waals surface area contributed by atoms with Crippen molar-refractivity contribution in [2.45, 2.75) is 25.3 Å². The van der Waals surface area contributed by atoms with Crippen LogP contribution in [0, 0.1) is 5.92 Å². The predicted molar refractivity (Wildman–Crippen MR) is 75.8 cm³/mol. The van der Waals surface area contributed by atoms with Crippen LogP contribution in [-0.2, 0) is 16.6 Å². The van der Waals surface area contributed by atoms with Gasteiger partial charge in [-0.15, -0.1) is 0 Å². The molecule has 0 aromatic heterocycles. The first kappa shape index (κ1) is 15.9. The maximum absolute atomic E-state index is 12.1. The number of sulfonamides is 1. The minimum absolute atomic E-state index is 0.263. The van der Waals surface area contributed by atoms with Crippen molar-refractivity contribution in [3.05, 3.63) is 23.8 Å². The summed E-state index contributed by atoms with van der Waals surface area (Å²) >= 11 is 0. The largest absolute Gasteiger partial charge is 0.496 e. The van der Waals surface area contributed by atoms with E-state index in [0.717, 1.165) is 5.56 Å². The van der Waals surface area contributed by atoms with Crippen LogP contribution in [0.3, 0.4) is 0 Å². The normalized spacial score (nSPS) is 11.8. The Balaban J connectivity index is 3.03. The lowest BCUT2D eigenvalue weighted by atomic mass is 10.2. The molecule has 0 saturated carbocycles. The summed E-state index contributed by atoms with van der Waals surface area (Å²) in [5.41, 5.74) is 0.817. The highest BCUT2D eigenvalue weighted by molar-refractivity contribution is 7.89. The van der Waals surface area contributed by atoms with E-state index in [1.165, 1.54) is 0 Å². The van der Waals surface area contributed by atoms with E-state index in [2.05, 4.69) is 10.0 Å². The summed E-state index contributed by atoms with van der Waals surface area (Å²) < 4.78 is 32.0. The van der Waals surface area contributed by atoms with Crippen LogP contribution in [0.5, 0.6) is 5.75 Å². The molecule has 0 radical (unpaired) electrons. The molecule has 1 aromatic carbocycles. The minimum Gasteiger partial charge on any atom is -0.496 e. The van der Waals surface area contributed by atoms with E-state index in [1.807, 2.05) is 13.8 Å². The molecule has 5 nitrogen and oxygen atoms in total. The number of hydrogen-bond acceptors (Lipinski definition) is 4. The average Bonchev–Trinajstić information content (AvgIpc) is 2.37. The van der Waals surface area contributed by atoms with Crippen LogP contribution in [0.1, 0.15) is 19.4 Å². The van der Waals surface area contributed by atoms with Gasteiger partial charge in [-0.1, -0.05) is 13.8 Å². The van der Waals surface area contributed by atoms with Gasteiger partial charge in [0.2, 0.25) is 10.0 Å². The first-order valence-corrected chi connectivity index (χ1v) is 7.70. The van der Waals surface area contributed by atoms with Gasteiger partial charge in [0.15, 0.2) is 0 Å². The first-order valence-electron chi connectivity index (χ1n) is 6.22. The Bertz CT molecular complexity index is 513. The number of nitrogens with one attached hydrogen (secondary N) is 2. The number of benzene rings is 1. The van der Waals surface area contributed by atoms with Gasteiger partial charge in [-0.05, 0) is 31.2 Å². The first-order chi connectivity index (χ1) is 8.90. The third-order valence-corrected chi connectivity index (χ3v) is 4.03. The van der Waals surface area contributed by atoms with Crippen LogP contribution in [0.25, 0.3) is 0 Å². The molecular weight excluding hydrogens is 264 g/mol. The van der Waals surface area contributed by atoms with Gasteiger partial charge in [-0.2, -0.15) is 0 Å². The molecule has 19 heavy (non-hydrogen) atoms. The van der Waals surface area contributed by atoms with E-state index in [4.69, 9.17) is 4.74 Å². The second-order valence-corrected chi connectivity index (χ2v) is 6.52. The summed E-state index contributed by atoms with van der Waals surface area (Å²) in [5.74, 6) is 0.946. The lowest BCUT2D eigenvalue weighted by Crippen LogP contribution is -2.27. The van der Waals surface area contributed by atoms with Crippen LogP contribution < -0.4 is 14.8 Å². The van der Waals surface area contributed by atoms with Crippen LogP contribution in [0.4, 0.5) is 0 Å². The molecular formula is C13H22N2O3S. The van der Waals surface area contributed by atoms with Gasteiger partial charge in [-0.3, -0.25) is 0 Å². The Kier molecular flexibility index (Phi) is 5.78. The Morgan fingerprint density at radius 3 is 2.53 bits per heavy atom. The fourth-order valence-corrected chi connectivity index (χ4v) is 2.87. The zero-order valence-corrected chi connectivity index (χ0v) is 12.7. The summed E-state index contributed by atoms with van der Waals surface area (Å²) in [4.78, 5) is 0.263. The number of ether oxygens (including phenoxy) is 1. The predicted octanol–water partition coefficient (Wildman–Crippen LogP) is 1.35. The van der Waals surface area contributed by atoms with Crippen LogP contribution in [0.2, 0.25) is 0 Å². The molecule has 108 valence electrons. The molecule has 0 saturated heterocycles. The van der Waals surface area contributed by atoms with Crippen molar-refractivity contribution >= 4 is 10.0 Å². The molecule has 0 heterocycles. The SMILES string of the molecule is CNCc1cc(S(=O)(=O)NCC(C)C)ccc1OC. The quantitative estimate of drug-likeness (QED) is 0.794. The third-order valence-electron chi connectivity index (χ3n) is 2.61. The fraction of sp³-hybridized carbons (Fsp3) is 0.538. The van der Waals surface area contributed by atoms with Gasteiger partial charge in [0.1, 0.15) is 5.75 Å².